The summed E-state index contributed by atoms with van der Waals surface area (Å²) in [6.45, 7) is 1.93. The minimum atomic E-state index is -3.90. The monoisotopic (exact) mass is 685 g/mol. The average molecular weight is 685 g/mol. The maximum absolute atomic E-state index is 14.1. The van der Waals surface area contributed by atoms with E-state index in [0.717, 1.165) is 23.8 Å². The maximum Gasteiger partial charge on any atom is 0.268 e. The number of hydrogen-bond acceptors (Lipinski definition) is 4. The van der Waals surface area contributed by atoms with E-state index >= 15 is 0 Å². The average Bonchev–Trinajstić information content (AvgIpc) is 3.10. The highest BCUT2D eigenvalue weighted by Gasteiger charge is 2.30. The lowest BCUT2D eigenvalue weighted by atomic mass is 10.1. The zero-order valence-corrected chi connectivity index (χ0v) is 23.3. The van der Waals surface area contributed by atoms with Crippen LogP contribution in [0.1, 0.15) is 5.56 Å². The normalized spacial score (nSPS) is 11.4. The molecule has 0 N–H and O–H groups in total. The Labute approximate surface area is 221 Å². The van der Waals surface area contributed by atoms with Gasteiger partial charge in [0.1, 0.15) is 11.5 Å². The molecule has 4 rings (SSSR count). The highest BCUT2D eigenvalue weighted by atomic mass is 127. The molecule has 170 valence electrons. The molecular formula is C25H21I2NO4S. The van der Waals surface area contributed by atoms with Gasteiger partial charge in [0, 0.05) is 11.1 Å². The molecule has 33 heavy (non-hydrogen) atoms. The van der Waals surface area contributed by atoms with Gasteiger partial charge in [0.15, 0.2) is 0 Å². The minimum Gasteiger partial charge on any atom is -0.497 e. The lowest BCUT2D eigenvalue weighted by molar-refractivity contribution is 0.415. The van der Waals surface area contributed by atoms with Gasteiger partial charge in [-0.15, -0.1) is 0 Å². The molecule has 8 heteroatoms. The second-order valence-corrected chi connectivity index (χ2v) is 11.3. The van der Waals surface area contributed by atoms with Crippen molar-refractivity contribution >= 4 is 55.2 Å². The third-order valence-corrected chi connectivity index (χ3v) is 10.1. The molecule has 0 spiro atoms. The highest BCUT2D eigenvalue weighted by Crippen LogP contribution is 2.42. The first-order chi connectivity index (χ1) is 15.8. The number of nitrogens with zero attached hydrogens (tertiary/aromatic N) is 1. The molecule has 0 aliphatic heterocycles. The maximum atomic E-state index is 14.1. The Morgan fingerprint density at radius 3 is 1.42 bits per heavy atom. The molecule has 0 fully saturated rings. The van der Waals surface area contributed by atoms with Crippen LogP contribution < -0.4 is 9.47 Å². The van der Waals surface area contributed by atoms with Crippen LogP contribution in [-0.2, 0) is 10.0 Å². The van der Waals surface area contributed by atoms with Gasteiger partial charge in [-0.3, -0.25) is 0 Å². The van der Waals surface area contributed by atoms with Crippen LogP contribution in [0, 0.1) is 14.1 Å². The molecule has 0 unspecified atom stereocenters. The van der Waals surface area contributed by atoms with Crippen molar-refractivity contribution in [2.75, 3.05) is 14.2 Å². The van der Waals surface area contributed by atoms with Crippen molar-refractivity contribution in [1.29, 1.82) is 0 Å². The molecule has 1 heterocycles. The molecule has 5 nitrogen and oxygen atoms in total. The van der Waals surface area contributed by atoms with Crippen LogP contribution in [0.2, 0.25) is 0 Å². The van der Waals surface area contributed by atoms with E-state index in [0.29, 0.717) is 22.9 Å². The standard InChI is InChI=1S/C25H21I2NO4S/c1-16-4-14-21(15-5-16)33(29,30)28-24(17-6-10-19(31-2)11-7-17)22(26)23(27)25(28)18-8-12-20(32-3)13-9-18/h4-15H,1-3H3. The number of aryl methyl sites for hydroxylation is 1. The summed E-state index contributed by atoms with van der Waals surface area (Å²) in [6.07, 6.45) is 0. The van der Waals surface area contributed by atoms with Crippen molar-refractivity contribution in [2.24, 2.45) is 0 Å². The van der Waals surface area contributed by atoms with Gasteiger partial charge in [-0.1, -0.05) is 17.7 Å². The zero-order chi connectivity index (χ0) is 23.8. The van der Waals surface area contributed by atoms with E-state index in [9.17, 15) is 8.42 Å². The Balaban J connectivity index is 2.05. The number of aromatic nitrogens is 1. The van der Waals surface area contributed by atoms with E-state index in [4.69, 9.17) is 9.47 Å². The van der Waals surface area contributed by atoms with Gasteiger partial charge in [0.2, 0.25) is 0 Å². The van der Waals surface area contributed by atoms with Crippen LogP contribution in [0.4, 0.5) is 0 Å². The number of halogens is 2. The fourth-order valence-electron chi connectivity index (χ4n) is 3.54. The van der Waals surface area contributed by atoms with Crippen molar-refractivity contribution in [3.8, 4) is 34.0 Å². The van der Waals surface area contributed by atoms with Crippen LogP contribution in [-0.4, -0.2) is 26.6 Å². The van der Waals surface area contributed by atoms with E-state index in [2.05, 4.69) is 45.2 Å². The smallest absolute Gasteiger partial charge is 0.268 e. The lowest BCUT2D eigenvalue weighted by Crippen LogP contribution is -2.16. The van der Waals surface area contributed by atoms with Gasteiger partial charge in [0.05, 0.1) is 37.6 Å². The fourth-order valence-corrected chi connectivity index (χ4v) is 7.05. The second kappa shape index (κ2) is 9.67. The van der Waals surface area contributed by atoms with E-state index in [1.165, 1.54) is 3.97 Å². The van der Waals surface area contributed by atoms with Crippen molar-refractivity contribution in [1.82, 2.24) is 3.97 Å². The summed E-state index contributed by atoms with van der Waals surface area (Å²) in [7, 11) is -0.691. The molecule has 0 aliphatic rings. The lowest BCUT2D eigenvalue weighted by Gasteiger charge is -2.16. The Morgan fingerprint density at radius 2 is 1.06 bits per heavy atom. The topological polar surface area (TPSA) is 57.5 Å². The van der Waals surface area contributed by atoms with Gasteiger partial charge in [-0.25, -0.2) is 12.4 Å². The van der Waals surface area contributed by atoms with Crippen molar-refractivity contribution < 1.29 is 17.9 Å². The number of hydrogen-bond donors (Lipinski definition) is 0. The van der Waals surface area contributed by atoms with Gasteiger partial charge in [0.25, 0.3) is 10.0 Å². The summed E-state index contributed by atoms with van der Waals surface area (Å²) in [5.41, 5.74) is 3.81. The van der Waals surface area contributed by atoms with E-state index in [1.54, 1.807) is 26.4 Å². The molecular weight excluding hydrogens is 664 g/mol. The summed E-state index contributed by atoms with van der Waals surface area (Å²) >= 11 is 4.46. The Morgan fingerprint density at radius 1 is 0.667 bits per heavy atom. The fraction of sp³-hybridized carbons (Fsp3) is 0.120. The van der Waals surface area contributed by atoms with Crippen LogP contribution >= 0.6 is 45.2 Å². The first-order valence-electron chi connectivity index (χ1n) is 9.98. The predicted octanol–water partition coefficient (Wildman–Crippen LogP) is 6.59. The summed E-state index contributed by atoms with van der Waals surface area (Å²) < 4.78 is 41.9. The SMILES string of the molecule is COc1ccc(-c2c(I)c(I)c(-c3ccc(OC)cc3)n2S(=O)(=O)c2ccc(C)cc2)cc1. The molecule has 0 bridgehead atoms. The summed E-state index contributed by atoms with van der Waals surface area (Å²) in [6, 6.07) is 21.8. The van der Waals surface area contributed by atoms with Gasteiger partial charge in [-0.2, -0.15) is 0 Å². The molecule has 0 radical (unpaired) electrons. The Bertz CT molecular complexity index is 1320. The van der Waals surface area contributed by atoms with Crippen LogP contribution in [0.3, 0.4) is 0 Å². The highest BCUT2D eigenvalue weighted by molar-refractivity contribution is 14.1. The van der Waals surface area contributed by atoms with Crippen LogP contribution in [0.25, 0.3) is 22.5 Å². The van der Waals surface area contributed by atoms with Gasteiger partial charge in [-0.05, 0) is 113 Å². The summed E-state index contributed by atoms with van der Waals surface area (Å²) in [5, 5.41) is 0. The third kappa shape index (κ3) is 4.52. The van der Waals surface area contributed by atoms with Gasteiger partial charge < -0.3 is 9.47 Å². The molecule has 3 aromatic carbocycles. The predicted molar refractivity (Wildman–Crippen MR) is 148 cm³/mol. The third-order valence-electron chi connectivity index (χ3n) is 5.30. The van der Waals surface area contributed by atoms with Crippen molar-refractivity contribution in [3.63, 3.8) is 0 Å². The molecule has 1 aromatic heterocycles. The quantitative estimate of drug-likeness (QED) is 0.215. The molecule has 0 saturated heterocycles. The number of rotatable bonds is 6. The molecule has 4 aromatic rings. The Kier molecular flexibility index (Phi) is 7.06. The molecule has 0 saturated carbocycles. The van der Waals surface area contributed by atoms with E-state index in [1.807, 2.05) is 67.6 Å². The van der Waals surface area contributed by atoms with Gasteiger partial charge >= 0.3 is 0 Å². The second-order valence-electron chi connectivity index (χ2n) is 7.36. The molecule has 0 amide bonds. The first kappa shape index (κ1) is 24.1. The number of ether oxygens (including phenoxy) is 2. The summed E-state index contributed by atoms with van der Waals surface area (Å²) in [4.78, 5) is 0.237. The molecule has 0 atom stereocenters. The van der Waals surface area contributed by atoms with Crippen LogP contribution in [0.5, 0.6) is 11.5 Å². The minimum absolute atomic E-state index is 0.237. The van der Waals surface area contributed by atoms with Crippen molar-refractivity contribution in [2.45, 2.75) is 11.8 Å². The van der Waals surface area contributed by atoms with Crippen LogP contribution in [0.15, 0.2) is 77.7 Å². The summed E-state index contributed by atoms with van der Waals surface area (Å²) in [5.74, 6) is 1.41. The Hall–Kier alpha value is -2.05. The number of methoxy groups -OCH3 is 2. The van der Waals surface area contributed by atoms with E-state index in [-0.39, 0.29) is 4.90 Å². The first-order valence-corrected chi connectivity index (χ1v) is 13.6. The zero-order valence-electron chi connectivity index (χ0n) is 18.2. The van der Waals surface area contributed by atoms with E-state index < -0.39 is 10.0 Å². The largest absolute Gasteiger partial charge is 0.497 e. The number of benzene rings is 3. The molecule has 0 aliphatic carbocycles. The van der Waals surface area contributed by atoms with Crippen molar-refractivity contribution in [3.05, 3.63) is 85.5 Å².